The summed E-state index contributed by atoms with van der Waals surface area (Å²) in [5.41, 5.74) is 8.67. The summed E-state index contributed by atoms with van der Waals surface area (Å²) in [5, 5.41) is 8.32. The summed E-state index contributed by atoms with van der Waals surface area (Å²) in [5.74, 6) is 0.716. The lowest BCUT2D eigenvalue weighted by Crippen LogP contribution is -2.05. The van der Waals surface area contributed by atoms with Gasteiger partial charge in [0.05, 0.1) is 11.8 Å². The smallest absolute Gasteiger partial charge is 0.377 e. The minimum absolute atomic E-state index is 0.367. The number of halogens is 3. The summed E-state index contributed by atoms with van der Waals surface area (Å²) in [6.07, 6.45) is -2.76. The number of nitrogens with two attached hydrogens (primary N) is 1. The Morgan fingerprint density at radius 2 is 1.45 bits per heavy atom. The molecule has 0 radical (unpaired) electrons. The van der Waals surface area contributed by atoms with E-state index in [-0.39, 0.29) is 0 Å². The lowest BCUT2D eigenvalue weighted by atomic mass is 10.0. The molecule has 0 atom stereocenters. The van der Waals surface area contributed by atoms with E-state index in [1.165, 1.54) is 23.9 Å². The van der Waals surface area contributed by atoms with Crippen molar-refractivity contribution in [1.29, 1.82) is 0 Å². The summed E-state index contributed by atoms with van der Waals surface area (Å²) in [6.45, 7) is 0. The van der Waals surface area contributed by atoms with E-state index in [0.29, 0.717) is 16.5 Å². The first-order valence-corrected chi connectivity index (χ1v) is 9.71. The molecular weight excluding hydrogens is 395 g/mol. The average Bonchev–Trinajstić information content (AvgIpc) is 2.73. The maximum atomic E-state index is 12.6. The Bertz CT molecular complexity index is 981. The third kappa shape index (κ3) is 6.22. The molecule has 0 bridgehead atoms. The third-order valence-electron chi connectivity index (χ3n) is 4.05. The molecule has 3 nitrogen and oxygen atoms in total. The van der Waals surface area contributed by atoms with Crippen LogP contribution in [0, 0.1) is 0 Å². The Morgan fingerprint density at radius 1 is 0.862 bits per heavy atom. The molecule has 0 aliphatic rings. The van der Waals surface area contributed by atoms with Gasteiger partial charge in [0.2, 0.25) is 0 Å². The van der Waals surface area contributed by atoms with Crippen molar-refractivity contribution >= 4 is 23.1 Å². The molecule has 3 aromatic rings. The maximum absolute atomic E-state index is 12.6. The summed E-state index contributed by atoms with van der Waals surface area (Å²) < 4.78 is 37.9. The van der Waals surface area contributed by atoms with Gasteiger partial charge in [-0.1, -0.05) is 78.5 Å². The van der Waals surface area contributed by atoms with Crippen molar-refractivity contribution in [3.8, 4) is 11.1 Å². The highest BCUT2D eigenvalue weighted by atomic mass is 32.2. The fourth-order valence-corrected chi connectivity index (χ4v) is 3.14. The Labute approximate surface area is 171 Å². The zero-order valence-corrected chi connectivity index (χ0v) is 16.1. The molecule has 0 unspecified atom stereocenters. The quantitative estimate of drug-likeness (QED) is 0.319. The SMILES string of the molecule is NC(=NN=Cc1ccc(-c2ccc(C(F)(F)F)cc2)cc1)SCc1ccccc1. The molecule has 0 aromatic heterocycles. The molecular formula is C22H18F3N3S. The Morgan fingerprint density at radius 3 is 2.03 bits per heavy atom. The molecule has 148 valence electrons. The Balaban J connectivity index is 1.58. The predicted molar refractivity (Wildman–Crippen MR) is 114 cm³/mol. The number of alkyl halides is 3. The monoisotopic (exact) mass is 413 g/mol. The molecule has 3 rings (SSSR count). The summed E-state index contributed by atoms with van der Waals surface area (Å²) in [4.78, 5) is 0. The van der Waals surface area contributed by atoms with E-state index in [1.807, 2.05) is 54.6 Å². The van der Waals surface area contributed by atoms with Crippen molar-refractivity contribution in [2.24, 2.45) is 15.9 Å². The van der Waals surface area contributed by atoms with Gasteiger partial charge in [0.1, 0.15) is 0 Å². The summed E-state index contributed by atoms with van der Waals surface area (Å²) in [7, 11) is 0. The summed E-state index contributed by atoms with van der Waals surface area (Å²) >= 11 is 1.40. The molecule has 0 aliphatic heterocycles. The summed E-state index contributed by atoms with van der Waals surface area (Å²) in [6, 6.07) is 22.3. The van der Waals surface area contributed by atoms with Crippen LogP contribution in [0.5, 0.6) is 0 Å². The van der Waals surface area contributed by atoms with E-state index in [4.69, 9.17) is 5.73 Å². The highest BCUT2D eigenvalue weighted by molar-refractivity contribution is 8.13. The van der Waals surface area contributed by atoms with Crippen molar-refractivity contribution < 1.29 is 13.2 Å². The van der Waals surface area contributed by atoms with E-state index in [0.717, 1.165) is 28.8 Å². The second kappa shape index (κ2) is 9.43. The van der Waals surface area contributed by atoms with Gasteiger partial charge < -0.3 is 5.73 Å². The predicted octanol–water partition coefficient (Wildman–Crippen LogP) is 5.95. The topological polar surface area (TPSA) is 50.7 Å². The van der Waals surface area contributed by atoms with Gasteiger partial charge in [0.15, 0.2) is 5.17 Å². The van der Waals surface area contributed by atoms with Gasteiger partial charge in [0, 0.05) is 5.75 Å². The lowest BCUT2D eigenvalue weighted by molar-refractivity contribution is -0.137. The fraction of sp³-hybridized carbons (Fsp3) is 0.0909. The molecule has 7 heteroatoms. The first-order valence-electron chi connectivity index (χ1n) is 8.73. The highest BCUT2D eigenvalue weighted by Gasteiger charge is 2.29. The Hall–Kier alpha value is -3.06. The number of hydrogen-bond donors (Lipinski definition) is 1. The number of nitrogens with zero attached hydrogens (tertiary/aromatic N) is 2. The van der Waals surface area contributed by atoms with Crippen molar-refractivity contribution in [2.45, 2.75) is 11.9 Å². The van der Waals surface area contributed by atoms with Crippen LogP contribution < -0.4 is 5.73 Å². The fourth-order valence-electron chi connectivity index (χ4n) is 2.53. The number of thioether (sulfide) groups is 1. The van der Waals surface area contributed by atoms with Crippen molar-refractivity contribution in [3.05, 3.63) is 95.6 Å². The molecule has 0 heterocycles. The van der Waals surface area contributed by atoms with Gasteiger partial charge in [-0.05, 0) is 34.4 Å². The average molecular weight is 413 g/mol. The number of rotatable bonds is 5. The van der Waals surface area contributed by atoms with Crippen LogP contribution in [0.2, 0.25) is 0 Å². The Kier molecular flexibility index (Phi) is 6.72. The number of benzene rings is 3. The largest absolute Gasteiger partial charge is 0.416 e. The highest BCUT2D eigenvalue weighted by Crippen LogP contribution is 2.31. The zero-order valence-electron chi connectivity index (χ0n) is 15.3. The maximum Gasteiger partial charge on any atom is 0.416 e. The first-order chi connectivity index (χ1) is 13.9. The number of hydrogen-bond acceptors (Lipinski definition) is 3. The van der Waals surface area contributed by atoms with Gasteiger partial charge >= 0.3 is 6.18 Å². The van der Waals surface area contributed by atoms with Crippen LogP contribution in [0.25, 0.3) is 11.1 Å². The first kappa shape index (κ1) is 20.7. The standard InChI is InChI=1S/C22H18F3N3S/c23-22(24,25)20-12-10-19(11-13-20)18-8-6-16(7-9-18)14-27-28-21(26)29-15-17-4-2-1-3-5-17/h1-14H,15H2,(H2,26,28). The van der Waals surface area contributed by atoms with Crippen molar-refractivity contribution in [3.63, 3.8) is 0 Å². The van der Waals surface area contributed by atoms with Gasteiger partial charge in [0.25, 0.3) is 0 Å². The van der Waals surface area contributed by atoms with Crippen LogP contribution in [0.4, 0.5) is 13.2 Å². The zero-order chi connectivity index (χ0) is 20.7. The minimum Gasteiger partial charge on any atom is -0.377 e. The van der Waals surface area contributed by atoms with Crippen molar-refractivity contribution in [2.75, 3.05) is 0 Å². The van der Waals surface area contributed by atoms with Gasteiger partial charge in [-0.25, -0.2) is 0 Å². The van der Waals surface area contributed by atoms with E-state index >= 15 is 0 Å². The van der Waals surface area contributed by atoms with E-state index in [2.05, 4.69) is 10.2 Å². The van der Waals surface area contributed by atoms with Gasteiger partial charge in [-0.3, -0.25) is 0 Å². The molecule has 0 amide bonds. The molecule has 3 aromatic carbocycles. The van der Waals surface area contributed by atoms with Crippen LogP contribution >= 0.6 is 11.8 Å². The lowest BCUT2D eigenvalue weighted by Gasteiger charge is -2.08. The van der Waals surface area contributed by atoms with Gasteiger partial charge in [-0.2, -0.15) is 18.3 Å². The van der Waals surface area contributed by atoms with E-state index < -0.39 is 11.7 Å². The second-order valence-electron chi connectivity index (χ2n) is 6.15. The van der Waals surface area contributed by atoms with Crippen LogP contribution in [-0.4, -0.2) is 11.4 Å². The van der Waals surface area contributed by atoms with Crippen LogP contribution in [0.3, 0.4) is 0 Å². The second-order valence-corrected chi connectivity index (χ2v) is 7.15. The van der Waals surface area contributed by atoms with Crippen LogP contribution in [0.15, 0.2) is 89.1 Å². The molecule has 0 saturated carbocycles. The van der Waals surface area contributed by atoms with Crippen LogP contribution in [-0.2, 0) is 11.9 Å². The van der Waals surface area contributed by atoms with E-state index in [1.54, 1.807) is 6.21 Å². The molecule has 0 saturated heterocycles. The molecule has 0 spiro atoms. The van der Waals surface area contributed by atoms with Gasteiger partial charge in [-0.15, -0.1) is 5.10 Å². The molecule has 29 heavy (non-hydrogen) atoms. The minimum atomic E-state index is -4.33. The molecule has 0 fully saturated rings. The normalized spacial score (nSPS) is 12.4. The number of amidine groups is 1. The van der Waals surface area contributed by atoms with E-state index in [9.17, 15) is 13.2 Å². The van der Waals surface area contributed by atoms with Crippen molar-refractivity contribution in [1.82, 2.24) is 0 Å². The third-order valence-corrected chi connectivity index (χ3v) is 4.90. The van der Waals surface area contributed by atoms with Crippen LogP contribution in [0.1, 0.15) is 16.7 Å². The molecule has 2 N–H and O–H groups in total. The molecule has 0 aliphatic carbocycles.